The Morgan fingerprint density at radius 1 is 1.08 bits per heavy atom. The number of carbonyl (C=O) groups excluding carboxylic acids is 1. The molecule has 2 rings (SSSR count). The fourth-order valence-corrected chi connectivity index (χ4v) is 3.13. The Morgan fingerprint density at radius 2 is 1.75 bits per heavy atom. The van der Waals surface area contributed by atoms with Crippen LogP contribution in [0.5, 0.6) is 0 Å². The van der Waals surface area contributed by atoms with Gasteiger partial charge in [0.05, 0.1) is 0 Å². The number of rotatable bonds is 8. The first-order valence-corrected chi connectivity index (χ1v) is 9.31. The van der Waals surface area contributed by atoms with Crippen LogP contribution in [0, 0.1) is 0 Å². The van der Waals surface area contributed by atoms with Gasteiger partial charge in [-0.1, -0.05) is 23.7 Å². The van der Waals surface area contributed by atoms with E-state index in [0.717, 1.165) is 23.7 Å². The van der Waals surface area contributed by atoms with Crippen molar-refractivity contribution in [1.29, 1.82) is 0 Å². The average molecular weight is 363 g/mol. The van der Waals surface area contributed by atoms with E-state index in [-0.39, 0.29) is 5.91 Å². The first kappa shape index (κ1) is 18.8. The minimum Gasteiger partial charge on any atom is -0.352 e. The Morgan fingerprint density at radius 3 is 2.38 bits per heavy atom. The van der Waals surface area contributed by atoms with Gasteiger partial charge in [-0.05, 0) is 69.0 Å². The molecule has 0 spiro atoms. The van der Waals surface area contributed by atoms with Crippen LogP contribution in [0.3, 0.4) is 0 Å². The normalized spacial score (nSPS) is 10.8. The third-order valence-corrected chi connectivity index (χ3v) is 4.84. The zero-order chi connectivity index (χ0) is 17.4. The molecule has 0 unspecified atom stereocenters. The molecule has 0 aromatic heterocycles. The number of nitrogens with one attached hydrogen (secondary N) is 1. The van der Waals surface area contributed by atoms with Crippen molar-refractivity contribution in [2.45, 2.75) is 17.1 Å². The lowest BCUT2D eigenvalue weighted by Crippen LogP contribution is -2.27. The van der Waals surface area contributed by atoms with Crippen LogP contribution in [-0.4, -0.2) is 38.0 Å². The number of benzene rings is 2. The zero-order valence-electron chi connectivity index (χ0n) is 14.1. The summed E-state index contributed by atoms with van der Waals surface area (Å²) in [4.78, 5) is 15.4. The summed E-state index contributed by atoms with van der Waals surface area (Å²) in [6.07, 6.45) is 0.953. The van der Waals surface area contributed by atoms with Crippen LogP contribution in [0.15, 0.2) is 53.4 Å². The highest BCUT2D eigenvalue weighted by Crippen LogP contribution is 2.24. The van der Waals surface area contributed by atoms with Gasteiger partial charge in [-0.2, -0.15) is 0 Å². The fraction of sp³-hybridized carbons (Fsp3) is 0.316. The molecule has 0 fully saturated rings. The van der Waals surface area contributed by atoms with Gasteiger partial charge in [0.1, 0.15) is 0 Å². The number of nitrogens with zero attached hydrogens (tertiary/aromatic N) is 1. The maximum Gasteiger partial charge on any atom is 0.251 e. The van der Waals surface area contributed by atoms with Gasteiger partial charge in [0.15, 0.2) is 0 Å². The van der Waals surface area contributed by atoms with E-state index < -0.39 is 0 Å². The summed E-state index contributed by atoms with van der Waals surface area (Å²) in [5.74, 6) is 0.859. The number of amides is 1. The molecule has 1 N–H and O–H groups in total. The van der Waals surface area contributed by atoms with E-state index in [1.165, 1.54) is 10.5 Å². The Bertz CT molecular complexity index is 641. The largest absolute Gasteiger partial charge is 0.352 e. The van der Waals surface area contributed by atoms with Crippen LogP contribution in [-0.2, 0) is 5.75 Å². The van der Waals surface area contributed by atoms with Crippen molar-refractivity contribution in [2.24, 2.45) is 0 Å². The van der Waals surface area contributed by atoms with Gasteiger partial charge >= 0.3 is 0 Å². The third kappa shape index (κ3) is 6.56. The molecule has 5 heteroatoms. The molecule has 1 amide bonds. The number of hydrogen-bond acceptors (Lipinski definition) is 3. The number of hydrogen-bond donors (Lipinski definition) is 1. The molecule has 0 aliphatic heterocycles. The molecule has 3 nitrogen and oxygen atoms in total. The molecule has 0 aliphatic rings. The molecule has 2 aromatic rings. The second-order valence-electron chi connectivity index (χ2n) is 5.85. The SMILES string of the molecule is CN(C)CCCNC(=O)c1ccc(CSc2ccc(Cl)cc2)cc1. The number of thioether (sulfide) groups is 1. The lowest BCUT2D eigenvalue weighted by Gasteiger charge is -2.10. The van der Waals surface area contributed by atoms with Gasteiger partial charge in [-0.3, -0.25) is 4.79 Å². The fourth-order valence-electron chi connectivity index (χ4n) is 2.15. The van der Waals surface area contributed by atoms with Crippen molar-refractivity contribution >= 4 is 29.3 Å². The predicted octanol–water partition coefficient (Wildman–Crippen LogP) is 4.31. The first-order valence-electron chi connectivity index (χ1n) is 7.95. The summed E-state index contributed by atoms with van der Waals surface area (Å²) >= 11 is 7.64. The second kappa shape index (κ2) is 9.72. The predicted molar refractivity (Wildman–Crippen MR) is 103 cm³/mol. The van der Waals surface area contributed by atoms with E-state index in [4.69, 9.17) is 11.6 Å². The summed E-state index contributed by atoms with van der Waals surface area (Å²) in [7, 11) is 4.06. The van der Waals surface area contributed by atoms with Crippen LogP contribution in [0.25, 0.3) is 0 Å². The van der Waals surface area contributed by atoms with E-state index in [1.54, 1.807) is 11.8 Å². The van der Waals surface area contributed by atoms with Gasteiger partial charge in [0, 0.05) is 27.8 Å². The summed E-state index contributed by atoms with van der Waals surface area (Å²) in [6.45, 7) is 1.67. The molecule has 0 bridgehead atoms. The van der Waals surface area contributed by atoms with E-state index >= 15 is 0 Å². The highest BCUT2D eigenvalue weighted by Gasteiger charge is 2.05. The third-order valence-electron chi connectivity index (χ3n) is 3.50. The van der Waals surface area contributed by atoms with Crippen molar-refractivity contribution in [3.63, 3.8) is 0 Å². The summed E-state index contributed by atoms with van der Waals surface area (Å²) < 4.78 is 0. The molecule has 0 saturated heterocycles. The topological polar surface area (TPSA) is 32.3 Å². The molecule has 0 saturated carbocycles. The van der Waals surface area contributed by atoms with Crippen molar-refractivity contribution < 1.29 is 4.79 Å². The maximum absolute atomic E-state index is 12.1. The average Bonchev–Trinajstić information content (AvgIpc) is 2.58. The number of halogens is 1. The summed E-state index contributed by atoms with van der Waals surface area (Å²) in [5, 5.41) is 3.70. The number of carbonyl (C=O) groups is 1. The molecule has 0 atom stereocenters. The van der Waals surface area contributed by atoms with Crippen LogP contribution < -0.4 is 5.32 Å². The molecule has 0 aliphatic carbocycles. The van der Waals surface area contributed by atoms with Gasteiger partial charge in [-0.25, -0.2) is 0 Å². The van der Waals surface area contributed by atoms with E-state index in [0.29, 0.717) is 12.1 Å². The van der Waals surface area contributed by atoms with Gasteiger partial charge in [0.2, 0.25) is 0 Å². The maximum atomic E-state index is 12.1. The minimum atomic E-state index is -0.00865. The van der Waals surface area contributed by atoms with Gasteiger partial charge < -0.3 is 10.2 Å². The molecule has 24 heavy (non-hydrogen) atoms. The highest BCUT2D eigenvalue weighted by atomic mass is 35.5. The first-order chi connectivity index (χ1) is 11.5. The lowest BCUT2D eigenvalue weighted by atomic mass is 10.1. The second-order valence-corrected chi connectivity index (χ2v) is 7.34. The summed E-state index contributed by atoms with van der Waals surface area (Å²) in [5.41, 5.74) is 1.90. The van der Waals surface area contributed by atoms with E-state index in [2.05, 4.69) is 10.2 Å². The molecule has 128 valence electrons. The molecular formula is C19H23ClN2OS. The monoisotopic (exact) mass is 362 g/mol. The van der Waals surface area contributed by atoms with Crippen LogP contribution >= 0.6 is 23.4 Å². The Hall–Kier alpha value is -1.49. The Balaban J connectivity index is 1.79. The van der Waals surface area contributed by atoms with Crippen molar-refractivity contribution in [3.8, 4) is 0 Å². The Labute approximate surface area is 153 Å². The lowest BCUT2D eigenvalue weighted by molar-refractivity contribution is 0.0952. The summed E-state index contributed by atoms with van der Waals surface area (Å²) in [6, 6.07) is 15.6. The van der Waals surface area contributed by atoms with Crippen molar-refractivity contribution in [2.75, 3.05) is 27.2 Å². The van der Waals surface area contributed by atoms with E-state index in [9.17, 15) is 4.79 Å². The van der Waals surface area contributed by atoms with Gasteiger partial charge in [-0.15, -0.1) is 11.8 Å². The Kier molecular flexibility index (Phi) is 7.63. The van der Waals surface area contributed by atoms with Crippen molar-refractivity contribution in [3.05, 3.63) is 64.7 Å². The molecular weight excluding hydrogens is 340 g/mol. The zero-order valence-corrected chi connectivity index (χ0v) is 15.7. The highest BCUT2D eigenvalue weighted by molar-refractivity contribution is 7.98. The molecule has 2 aromatic carbocycles. The van der Waals surface area contributed by atoms with Crippen molar-refractivity contribution in [1.82, 2.24) is 10.2 Å². The molecule has 0 radical (unpaired) electrons. The standard InChI is InChI=1S/C19H23ClN2OS/c1-22(2)13-3-12-21-19(23)16-6-4-15(5-7-16)14-24-18-10-8-17(20)9-11-18/h4-11H,3,12-14H2,1-2H3,(H,21,23). The quantitative estimate of drug-likeness (QED) is 0.561. The smallest absolute Gasteiger partial charge is 0.251 e. The minimum absolute atomic E-state index is 0.00865. The van der Waals surface area contributed by atoms with Crippen LogP contribution in [0.2, 0.25) is 5.02 Å². The van der Waals surface area contributed by atoms with Gasteiger partial charge in [0.25, 0.3) is 5.91 Å². The molecule has 0 heterocycles. The van der Waals surface area contributed by atoms with E-state index in [1.807, 2.05) is 62.6 Å². The van der Waals surface area contributed by atoms with Crippen LogP contribution in [0.1, 0.15) is 22.3 Å². The van der Waals surface area contributed by atoms with Crippen LogP contribution in [0.4, 0.5) is 0 Å².